The molecule has 0 aromatic carbocycles. The van der Waals surface area contributed by atoms with Crippen LogP contribution in [-0.2, 0) is 4.74 Å². The standard InChI is InChI=1S/C14H28N2O2/c1-10-6-14(9-15,7-11(2)18-10)16-13-5-3-4-12(13)8-17/h10-13,16-17H,3-9,15H2,1-2H3. The lowest BCUT2D eigenvalue weighted by Crippen LogP contribution is -2.61. The number of nitrogens with one attached hydrogen (secondary N) is 1. The SMILES string of the molecule is CC1CC(CN)(NC2CCCC2CO)CC(C)O1. The van der Waals surface area contributed by atoms with Crippen LogP contribution in [0.15, 0.2) is 0 Å². The minimum absolute atomic E-state index is 0.000486. The maximum absolute atomic E-state index is 9.43. The third-order valence-electron chi connectivity index (χ3n) is 4.60. The van der Waals surface area contributed by atoms with Crippen LogP contribution in [0, 0.1) is 5.92 Å². The van der Waals surface area contributed by atoms with Crippen LogP contribution >= 0.6 is 0 Å². The van der Waals surface area contributed by atoms with Gasteiger partial charge in [-0.3, -0.25) is 0 Å². The van der Waals surface area contributed by atoms with Gasteiger partial charge in [0, 0.05) is 24.7 Å². The van der Waals surface area contributed by atoms with Crippen LogP contribution in [0.25, 0.3) is 0 Å². The van der Waals surface area contributed by atoms with Gasteiger partial charge in [0.1, 0.15) is 0 Å². The Bertz CT molecular complexity index is 263. The Morgan fingerprint density at radius 2 is 1.94 bits per heavy atom. The van der Waals surface area contributed by atoms with Gasteiger partial charge in [0.25, 0.3) is 0 Å². The van der Waals surface area contributed by atoms with E-state index in [1.54, 1.807) is 0 Å². The zero-order valence-electron chi connectivity index (χ0n) is 11.7. The molecule has 0 aromatic rings. The Balaban J connectivity index is 2.03. The lowest BCUT2D eigenvalue weighted by molar-refractivity contribution is -0.0707. The van der Waals surface area contributed by atoms with E-state index in [-0.39, 0.29) is 17.7 Å². The summed E-state index contributed by atoms with van der Waals surface area (Å²) in [5.74, 6) is 0.405. The van der Waals surface area contributed by atoms with E-state index in [1.165, 1.54) is 6.42 Å². The first-order valence-corrected chi connectivity index (χ1v) is 7.32. The highest BCUT2D eigenvalue weighted by atomic mass is 16.5. The molecule has 106 valence electrons. The first-order valence-electron chi connectivity index (χ1n) is 7.32. The number of aliphatic hydroxyl groups excluding tert-OH is 1. The highest BCUT2D eigenvalue weighted by Gasteiger charge is 2.41. The van der Waals surface area contributed by atoms with Crippen molar-refractivity contribution in [3.05, 3.63) is 0 Å². The van der Waals surface area contributed by atoms with Crippen LogP contribution < -0.4 is 11.1 Å². The van der Waals surface area contributed by atoms with Crippen molar-refractivity contribution in [1.29, 1.82) is 0 Å². The molecule has 4 nitrogen and oxygen atoms in total. The summed E-state index contributed by atoms with van der Waals surface area (Å²) in [6.45, 7) is 5.19. The van der Waals surface area contributed by atoms with Gasteiger partial charge in [-0.05, 0) is 45.4 Å². The van der Waals surface area contributed by atoms with Gasteiger partial charge in [0.05, 0.1) is 12.2 Å². The van der Waals surface area contributed by atoms with Gasteiger partial charge in [-0.2, -0.15) is 0 Å². The van der Waals surface area contributed by atoms with Gasteiger partial charge in [0.2, 0.25) is 0 Å². The second-order valence-corrected chi connectivity index (χ2v) is 6.27. The van der Waals surface area contributed by atoms with Crippen molar-refractivity contribution >= 4 is 0 Å². The summed E-state index contributed by atoms with van der Waals surface area (Å²) in [6.07, 6.45) is 5.99. The molecule has 4 atom stereocenters. The number of hydrogen-bond acceptors (Lipinski definition) is 4. The third-order valence-corrected chi connectivity index (χ3v) is 4.60. The first kappa shape index (κ1) is 14.3. The van der Waals surface area contributed by atoms with E-state index in [0.717, 1.165) is 25.7 Å². The molecule has 2 fully saturated rings. The van der Waals surface area contributed by atoms with Gasteiger partial charge >= 0.3 is 0 Å². The summed E-state index contributed by atoms with van der Waals surface area (Å²) < 4.78 is 5.82. The third kappa shape index (κ3) is 3.05. The fourth-order valence-electron chi connectivity index (χ4n) is 3.86. The molecular formula is C14H28N2O2. The molecule has 1 aliphatic carbocycles. The minimum Gasteiger partial charge on any atom is -0.396 e. The van der Waals surface area contributed by atoms with Crippen molar-refractivity contribution in [1.82, 2.24) is 5.32 Å². The topological polar surface area (TPSA) is 67.5 Å². The Hall–Kier alpha value is -0.160. The average Bonchev–Trinajstić information content (AvgIpc) is 2.74. The Labute approximate surface area is 110 Å². The fourth-order valence-corrected chi connectivity index (χ4v) is 3.86. The van der Waals surface area contributed by atoms with Gasteiger partial charge in [-0.25, -0.2) is 0 Å². The largest absolute Gasteiger partial charge is 0.396 e. The van der Waals surface area contributed by atoms with E-state index in [1.807, 2.05) is 0 Å². The van der Waals surface area contributed by atoms with E-state index < -0.39 is 0 Å². The van der Waals surface area contributed by atoms with Crippen molar-refractivity contribution in [3.8, 4) is 0 Å². The molecule has 2 aliphatic rings. The number of aliphatic hydroxyl groups is 1. The summed E-state index contributed by atoms with van der Waals surface area (Å²) in [6, 6.07) is 0.427. The lowest BCUT2D eigenvalue weighted by Gasteiger charge is -2.45. The van der Waals surface area contributed by atoms with E-state index in [2.05, 4.69) is 19.2 Å². The molecule has 4 heteroatoms. The summed E-state index contributed by atoms with van der Waals surface area (Å²) in [7, 11) is 0. The van der Waals surface area contributed by atoms with Crippen molar-refractivity contribution in [2.75, 3.05) is 13.2 Å². The number of nitrogens with two attached hydrogens (primary N) is 1. The fraction of sp³-hybridized carbons (Fsp3) is 1.00. The number of rotatable bonds is 4. The summed E-state index contributed by atoms with van der Waals surface area (Å²) in [5, 5.41) is 13.2. The highest BCUT2D eigenvalue weighted by Crippen LogP contribution is 2.33. The molecular weight excluding hydrogens is 228 g/mol. The maximum Gasteiger partial charge on any atom is 0.0568 e. The first-order chi connectivity index (χ1) is 8.58. The highest BCUT2D eigenvalue weighted by molar-refractivity contribution is 4.99. The Kier molecular flexibility index (Phi) is 4.64. The molecule has 0 spiro atoms. The normalized spacial score (nSPS) is 45.3. The number of ether oxygens (including phenoxy) is 1. The Morgan fingerprint density at radius 1 is 1.28 bits per heavy atom. The van der Waals surface area contributed by atoms with Gasteiger partial charge in [-0.1, -0.05) is 6.42 Å². The molecule has 2 rings (SSSR count). The van der Waals surface area contributed by atoms with Crippen molar-refractivity contribution in [3.63, 3.8) is 0 Å². The van der Waals surface area contributed by atoms with E-state index >= 15 is 0 Å². The van der Waals surface area contributed by atoms with Gasteiger partial charge in [-0.15, -0.1) is 0 Å². The molecule has 0 bridgehead atoms. The molecule has 18 heavy (non-hydrogen) atoms. The monoisotopic (exact) mass is 256 g/mol. The van der Waals surface area contributed by atoms with Gasteiger partial charge in [0.15, 0.2) is 0 Å². The van der Waals surface area contributed by atoms with Crippen LogP contribution in [0.4, 0.5) is 0 Å². The predicted molar refractivity (Wildman–Crippen MR) is 72.4 cm³/mol. The van der Waals surface area contributed by atoms with Crippen LogP contribution in [0.3, 0.4) is 0 Å². The molecule has 0 aromatic heterocycles. The van der Waals surface area contributed by atoms with Crippen LogP contribution in [-0.4, -0.2) is 42.0 Å². The molecule has 4 N–H and O–H groups in total. The molecule has 0 amide bonds. The van der Waals surface area contributed by atoms with E-state index in [4.69, 9.17) is 10.5 Å². The van der Waals surface area contributed by atoms with E-state index in [0.29, 0.717) is 25.1 Å². The summed E-state index contributed by atoms with van der Waals surface area (Å²) in [4.78, 5) is 0. The predicted octanol–water partition coefficient (Wildman–Crippen LogP) is 1.02. The lowest BCUT2D eigenvalue weighted by atomic mass is 9.82. The molecule has 1 heterocycles. The van der Waals surface area contributed by atoms with Crippen LogP contribution in [0.1, 0.15) is 46.0 Å². The minimum atomic E-state index is -0.000486. The molecule has 4 unspecified atom stereocenters. The Morgan fingerprint density at radius 3 is 2.50 bits per heavy atom. The zero-order chi connectivity index (χ0) is 13.2. The molecule has 0 radical (unpaired) electrons. The molecule has 1 saturated carbocycles. The maximum atomic E-state index is 9.43. The van der Waals surface area contributed by atoms with E-state index in [9.17, 15) is 5.11 Å². The second-order valence-electron chi connectivity index (χ2n) is 6.27. The quantitative estimate of drug-likeness (QED) is 0.702. The smallest absolute Gasteiger partial charge is 0.0568 e. The van der Waals surface area contributed by atoms with Crippen molar-refractivity contribution in [2.45, 2.75) is 69.7 Å². The average molecular weight is 256 g/mol. The van der Waals surface area contributed by atoms with Crippen LogP contribution in [0.5, 0.6) is 0 Å². The molecule has 1 saturated heterocycles. The van der Waals surface area contributed by atoms with Crippen molar-refractivity contribution in [2.24, 2.45) is 11.7 Å². The summed E-state index contributed by atoms with van der Waals surface area (Å²) >= 11 is 0. The number of hydrogen-bond donors (Lipinski definition) is 3. The van der Waals surface area contributed by atoms with Crippen molar-refractivity contribution < 1.29 is 9.84 Å². The molecule has 1 aliphatic heterocycles. The zero-order valence-corrected chi connectivity index (χ0v) is 11.7. The van der Waals surface area contributed by atoms with Gasteiger partial charge < -0.3 is 20.9 Å². The second kappa shape index (κ2) is 5.87. The summed E-state index contributed by atoms with van der Waals surface area (Å²) in [5.41, 5.74) is 6.05. The van der Waals surface area contributed by atoms with Crippen LogP contribution in [0.2, 0.25) is 0 Å².